The molecule has 0 aliphatic heterocycles. The quantitative estimate of drug-likeness (QED) is 0.834. The van der Waals surface area contributed by atoms with Crippen molar-refractivity contribution in [3.05, 3.63) is 29.8 Å². The lowest BCUT2D eigenvalue weighted by Gasteiger charge is -2.24. The number of nitrogens with one attached hydrogen (secondary N) is 1. The van der Waals surface area contributed by atoms with Gasteiger partial charge < -0.3 is 10.1 Å². The Morgan fingerprint density at radius 1 is 1.32 bits per heavy atom. The normalized spacial score (nSPS) is 11.2. The van der Waals surface area contributed by atoms with Gasteiger partial charge in [-0.15, -0.1) is 0 Å². The van der Waals surface area contributed by atoms with Gasteiger partial charge in [-0.05, 0) is 24.1 Å². The molecular formula is C15H23NO2S. The molecule has 0 heterocycles. The predicted molar refractivity (Wildman–Crippen MR) is 81.7 cm³/mol. The van der Waals surface area contributed by atoms with E-state index in [1.165, 1.54) is 5.56 Å². The molecule has 0 saturated heterocycles. The van der Waals surface area contributed by atoms with Crippen LogP contribution in [0.3, 0.4) is 0 Å². The van der Waals surface area contributed by atoms with Gasteiger partial charge in [0, 0.05) is 24.0 Å². The van der Waals surface area contributed by atoms with Crippen molar-refractivity contribution in [3.8, 4) is 5.75 Å². The van der Waals surface area contributed by atoms with E-state index in [9.17, 15) is 4.79 Å². The first-order valence-corrected chi connectivity index (χ1v) is 7.43. The molecule has 0 atom stereocenters. The van der Waals surface area contributed by atoms with Gasteiger partial charge in [0.1, 0.15) is 5.75 Å². The van der Waals surface area contributed by atoms with Gasteiger partial charge in [-0.3, -0.25) is 4.79 Å². The van der Waals surface area contributed by atoms with Crippen LogP contribution < -0.4 is 10.1 Å². The zero-order chi connectivity index (χ0) is 14.3. The standard InChI is InChI=1S/C15H23NO2S/c1-12(17)16-10-9-15(2,3)19-11-13-5-7-14(18-4)8-6-13/h5-8H,9-11H2,1-4H3,(H,16,17). The maximum absolute atomic E-state index is 10.8. The maximum Gasteiger partial charge on any atom is 0.216 e. The Morgan fingerprint density at radius 2 is 1.95 bits per heavy atom. The fourth-order valence-corrected chi connectivity index (χ4v) is 2.61. The summed E-state index contributed by atoms with van der Waals surface area (Å²) in [7, 11) is 1.68. The maximum atomic E-state index is 10.8. The number of carbonyl (C=O) groups is 1. The SMILES string of the molecule is COc1ccc(CSC(C)(C)CCNC(C)=O)cc1. The molecule has 0 spiro atoms. The minimum Gasteiger partial charge on any atom is -0.497 e. The van der Waals surface area contributed by atoms with Gasteiger partial charge in [0.2, 0.25) is 5.91 Å². The highest BCUT2D eigenvalue weighted by Gasteiger charge is 2.18. The molecule has 0 aromatic heterocycles. The van der Waals surface area contributed by atoms with Gasteiger partial charge in [-0.25, -0.2) is 0 Å². The second-order valence-corrected chi connectivity index (χ2v) is 6.81. The number of thioether (sulfide) groups is 1. The molecule has 0 aliphatic carbocycles. The van der Waals surface area contributed by atoms with Crippen molar-refractivity contribution in [2.75, 3.05) is 13.7 Å². The molecule has 0 radical (unpaired) electrons. The average molecular weight is 281 g/mol. The Morgan fingerprint density at radius 3 is 2.47 bits per heavy atom. The Balaban J connectivity index is 2.38. The molecule has 106 valence electrons. The van der Waals surface area contributed by atoms with E-state index < -0.39 is 0 Å². The number of carbonyl (C=O) groups excluding carboxylic acids is 1. The number of hydrogen-bond donors (Lipinski definition) is 1. The van der Waals surface area contributed by atoms with Gasteiger partial charge in [0.05, 0.1) is 7.11 Å². The van der Waals surface area contributed by atoms with Gasteiger partial charge in [0.15, 0.2) is 0 Å². The molecule has 0 saturated carbocycles. The summed E-state index contributed by atoms with van der Waals surface area (Å²) in [5, 5.41) is 2.85. The minimum absolute atomic E-state index is 0.0379. The number of rotatable bonds is 7. The van der Waals surface area contributed by atoms with Crippen LogP contribution in [0, 0.1) is 0 Å². The first-order valence-electron chi connectivity index (χ1n) is 6.44. The van der Waals surface area contributed by atoms with E-state index in [1.54, 1.807) is 14.0 Å². The molecule has 0 fully saturated rings. The molecule has 1 aromatic rings. The largest absolute Gasteiger partial charge is 0.497 e. The third-order valence-electron chi connectivity index (χ3n) is 2.89. The molecule has 1 rings (SSSR count). The monoisotopic (exact) mass is 281 g/mol. The Labute approximate surface area is 120 Å². The van der Waals surface area contributed by atoms with Gasteiger partial charge >= 0.3 is 0 Å². The van der Waals surface area contributed by atoms with E-state index in [0.717, 1.165) is 24.5 Å². The van der Waals surface area contributed by atoms with Crippen molar-refractivity contribution >= 4 is 17.7 Å². The van der Waals surface area contributed by atoms with Gasteiger partial charge in [-0.2, -0.15) is 11.8 Å². The van der Waals surface area contributed by atoms with E-state index in [-0.39, 0.29) is 10.7 Å². The average Bonchev–Trinajstić information content (AvgIpc) is 2.36. The molecule has 0 aliphatic rings. The van der Waals surface area contributed by atoms with E-state index in [0.29, 0.717) is 0 Å². The lowest BCUT2D eigenvalue weighted by Crippen LogP contribution is -2.27. The zero-order valence-electron chi connectivity index (χ0n) is 12.2. The molecule has 3 nitrogen and oxygen atoms in total. The van der Waals surface area contributed by atoms with Crippen LogP contribution in [0.25, 0.3) is 0 Å². The number of hydrogen-bond acceptors (Lipinski definition) is 3. The number of benzene rings is 1. The van der Waals surface area contributed by atoms with Gasteiger partial charge in [0.25, 0.3) is 0 Å². The highest BCUT2D eigenvalue weighted by molar-refractivity contribution is 7.99. The summed E-state index contributed by atoms with van der Waals surface area (Å²) >= 11 is 1.90. The van der Waals surface area contributed by atoms with Crippen LogP contribution in [-0.4, -0.2) is 24.3 Å². The summed E-state index contributed by atoms with van der Waals surface area (Å²) in [6.07, 6.45) is 0.966. The second kappa shape index (κ2) is 7.43. The van der Waals surface area contributed by atoms with Crippen LogP contribution in [0.1, 0.15) is 32.8 Å². The van der Waals surface area contributed by atoms with Crippen molar-refractivity contribution in [2.45, 2.75) is 37.7 Å². The summed E-state index contributed by atoms with van der Waals surface area (Å²) in [4.78, 5) is 10.8. The Bertz CT molecular complexity index is 401. The molecule has 1 N–H and O–H groups in total. The molecule has 1 aromatic carbocycles. The smallest absolute Gasteiger partial charge is 0.216 e. The van der Waals surface area contributed by atoms with E-state index >= 15 is 0 Å². The Kier molecular flexibility index (Phi) is 6.22. The number of methoxy groups -OCH3 is 1. The topological polar surface area (TPSA) is 38.3 Å². The summed E-state index contributed by atoms with van der Waals surface area (Å²) in [6, 6.07) is 8.16. The van der Waals surface area contributed by atoms with Crippen LogP contribution in [-0.2, 0) is 10.5 Å². The van der Waals surface area contributed by atoms with E-state index in [1.807, 2.05) is 23.9 Å². The summed E-state index contributed by atoms with van der Waals surface area (Å²) in [6.45, 7) is 6.71. The van der Waals surface area contributed by atoms with Crippen molar-refractivity contribution in [1.82, 2.24) is 5.32 Å². The fourth-order valence-electron chi connectivity index (χ4n) is 1.61. The number of ether oxygens (including phenoxy) is 1. The molecule has 0 bridgehead atoms. The third-order valence-corrected chi connectivity index (χ3v) is 4.35. The first-order chi connectivity index (χ1) is 8.93. The molecular weight excluding hydrogens is 258 g/mol. The minimum atomic E-state index is 0.0379. The summed E-state index contributed by atoms with van der Waals surface area (Å²) in [5.41, 5.74) is 1.29. The van der Waals surface area contributed by atoms with Crippen LogP contribution in [0.2, 0.25) is 0 Å². The molecule has 19 heavy (non-hydrogen) atoms. The number of amides is 1. The van der Waals surface area contributed by atoms with Crippen LogP contribution in [0.4, 0.5) is 0 Å². The van der Waals surface area contributed by atoms with E-state index in [4.69, 9.17) is 4.74 Å². The lowest BCUT2D eigenvalue weighted by atomic mass is 10.1. The van der Waals surface area contributed by atoms with E-state index in [2.05, 4.69) is 31.3 Å². The van der Waals surface area contributed by atoms with Crippen LogP contribution in [0.15, 0.2) is 24.3 Å². The fraction of sp³-hybridized carbons (Fsp3) is 0.533. The zero-order valence-corrected chi connectivity index (χ0v) is 13.0. The van der Waals surface area contributed by atoms with Crippen LogP contribution >= 0.6 is 11.8 Å². The highest BCUT2D eigenvalue weighted by atomic mass is 32.2. The van der Waals surface area contributed by atoms with Gasteiger partial charge in [-0.1, -0.05) is 26.0 Å². The summed E-state index contributed by atoms with van der Waals surface area (Å²) < 4.78 is 5.30. The summed E-state index contributed by atoms with van der Waals surface area (Å²) in [5.74, 6) is 1.89. The first kappa shape index (κ1) is 15.9. The second-order valence-electron chi connectivity index (χ2n) is 5.13. The van der Waals surface area contributed by atoms with Crippen molar-refractivity contribution < 1.29 is 9.53 Å². The van der Waals surface area contributed by atoms with Crippen molar-refractivity contribution in [3.63, 3.8) is 0 Å². The van der Waals surface area contributed by atoms with Crippen molar-refractivity contribution in [1.29, 1.82) is 0 Å². The third kappa shape index (κ3) is 6.53. The van der Waals surface area contributed by atoms with Crippen LogP contribution in [0.5, 0.6) is 5.75 Å². The molecule has 1 amide bonds. The lowest BCUT2D eigenvalue weighted by molar-refractivity contribution is -0.118. The molecule has 4 heteroatoms. The Hall–Kier alpha value is -1.16. The highest BCUT2D eigenvalue weighted by Crippen LogP contribution is 2.31. The molecule has 0 unspecified atom stereocenters. The van der Waals surface area contributed by atoms with Crippen molar-refractivity contribution in [2.24, 2.45) is 0 Å². The predicted octanol–water partition coefficient (Wildman–Crippen LogP) is 3.23.